The van der Waals surface area contributed by atoms with E-state index in [-0.39, 0.29) is 0 Å². The van der Waals surface area contributed by atoms with Gasteiger partial charge in [-0.2, -0.15) is 5.10 Å². The number of aromatic nitrogens is 2. The minimum absolute atomic E-state index is 0.342. The highest BCUT2D eigenvalue weighted by Crippen LogP contribution is 2.73. The molecule has 0 radical (unpaired) electrons. The second-order valence-electron chi connectivity index (χ2n) is 6.13. The molecule has 3 N–H and O–H groups in total. The zero-order valence-corrected chi connectivity index (χ0v) is 11.0. The number of aromatic amines is 1. The van der Waals surface area contributed by atoms with Crippen LogP contribution in [0.25, 0.3) is 0 Å². The highest BCUT2D eigenvalue weighted by atomic mass is 15.2. The third-order valence-corrected chi connectivity index (χ3v) is 4.74. The van der Waals surface area contributed by atoms with Crippen molar-refractivity contribution in [3.8, 4) is 0 Å². The Morgan fingerprint density at radius 3 is 2.25 bits per heavy atom. The van der Waals surface area contributed by atoms with Gasteiger partial charge in [-0.25, -0.2) is 0 Å². The van der Waals surface area contributed by atoms with Crippen molar-refractivity contribution in [2.45, 2.75) is 53.4 Å². The number of nitrogens with zero attached hydrogens (tertiary/aromatic N) is 1. The summed E-state index contributed by atoms with van der Waals surface area (Å²) in [6.45, 7) is 11.5. The Hall–Kier alpha value is -0.990. The van der Waals surface area contributed by atoms with Gasteiger partial charge in [-0.3, -0.25) is 5.10 Å². The first-order valence-electron chi connectivity index (χ1n) is 6.16. The Labute approximate surface area is 97.8 Å². The molecule has 0 unspecified atom stereocenters. The molecule has 2 rings (SSSR count). The van der Waals surface area contributed by atoms with Crippen molar-refractivity contribution in [1.29, 1.82) is 0 Å². The molecule has 0 aliphatic heterocycles. The van der Waals surface area contributed by atoms with Crippen LogP contribution < -0.4 is 5.73 Å². The van der Waals surface area contributed by atoms with Gasteiger partial charge >= 0.3 is 0 Å². The average molecular weight is 221 g/mol. The van der Waals surface area contributed by atoms with Crippen molar-refractivity contribution in [2.24, 2.45) is 10.8 Å². The maximum absolute atomic E-state index is 5.93. The lowest BCUT2D eigenvalue weighted by Crippen LogP contribution is -1.97. The van der Waals surface area contributed by atoms with Gasteiger partial charge in [0.2, 0.25) is 0 Å². The summed E-state index contributed by atoms with van der Waals surface area (Å²) in [7, 11) is 0. The summed E-state index contributed by atoms with van der Waals surface area (Å²) < 4.78 is 0. The van der Waals surface area contributed by atoms with E-state index in [2.05, 4.69) is 44.8 Å². The summed E-state index contributed by atoms with van der Waals surface area (Å²) in [5.41, 5.74) is 9.13. The predicted molar refractivity (Wildman–Crippen MR) is 67.3 cm³/mol. The fraction of sp³-hybridized carbons (Fsp3) is 0.769. The highest BCUT2D eigenvalue weighted by molar-refractivity contribution is 5.47. The number of H-pyrrole nitrogens is 1. The van der Waals surface area contributed by atoms with Crippen LogP contribution in [0.3, 0.4) is 0 Å². The molecule has 1 saturated carbocycles. The number of hydrogen-bond acceptors (Lipinski definition) is 2. The van der Waals surface area contributed by atoms with Gasteiger partial charge in [0.05, 0.1) is 0 Å². The fourth-order valence-electron chi connectivity index (χ4n) is 3.06. The Bertz CT molecular complexity index is 387. The molecule has 1 aromatic heterocycles. The molecule has 90 valence electrons. The van der Waals surface area contributed by atoms with E-state index in [1.807, 2.05) is 0 Å². The van der Waals surface area contributed by atoms with E-state index in [9.17, 15) is 0 Å². The van der Waals surface area contributed by atoms with Crippen LogP contribution in [-0.4, -0.2) is 10.2 Å². The number of anilines is 1. The van der Waals surface area contributed by atoms with Crippen LogP contribution in [0.4, 0.5) is 5.82 Å². The molecule has 0 spiro atoms. The molecular weight excluding hydrogens is 198 g/mol. The summed E-state index contributed by atoms with van der Waals surface area (Å²) in [6.07, 6.45) is 2.14. The van der Waals surface area contributed by atoms with Crippen LogP contribution in [0.15, 0.2) is 0 Å². The molecule has 0 saturated heterocycles. The van der Waals surface area contributed by atoms with E-state index in [1.54, 1.807) is 0 Å². The van der Waals surface area contributed by atoms with Crippen molar-refractivity contribution in [2.75, 3.05) is 5.73 Å². The van der Waals surface area contributed by atoms with Gasteiger partial charge in [-0.1, -0.05) is 41.0 Å². The summed E-state index contributed by atoms with van der Waals surface area (Å²) in [6, 6.07) is 0. The van der Waals surface area contributed by atoms with Crippen LogP contribution in [0.1, 0.15) is 58.2 Å². The number of nitrogens with one attached hydrogen (secondary N) is 1. The lowest BCUT2D eigenvalue weighted by atomic mass is 10.0. The van der Waals surface area contributed by atoms with E-state index in [0.29, 0.717) is 22.6 Å². The average Bonchev–Trinajstić information content (AvgIpc) is 2.45. The van der Waals surface area contributed by atoms with Gasteiger partial charge in [0.25, 0.3) is 0 Å². The molecule has 1 aliphatic rings. The smallest absolute Gasteiger partial charge is 0.148 e. The maximum Gasteiger partial charge on any atom is 0.148 e. The first-order valence-corrected chi connectivity index (χ1v) is 6.16. The minimum Gasteiger partial charge on any atom is -0.382 e. The SMILES string of the molecule is CCCc1c(N)n[nH]c1C1C(C)(C)C1(C)C. The Balaban J connectivity index is 2.37. The van der Waals surface area contributed by atoms with Crippen molar-refractivity contribution >= 4 is 5.82 Å². The zero-order valence-electron chi connectivity index (χ0n) is 11.0. The van der Waals surface area contributed by atoms with E-state index in [4.69, 9.17) is 5.73 Å². The van der Waals surface area contributed by atoms with E-state index in [0.717, 1.165) is 12.8 Å². The molecule has 0 bridgehead atoms. The fourth-order valence-corrected chi connectivity index (χ4v) is 3.06. The standard InChI is InChI=1S/C13H23N3/c1-6-7-8-9(15-16-11(8)14)10-12(2,3)13(10,4)5/h10H,6-7H2,1-5H3,(H3,14,15,16). The topological polar surface area (TPSA) is 54.7 Å². The van der Waals surface area contributed by atoms with Crippen LogP contribution in [-0.2, 0) is 6.42 Å². The summed E-state index contributed by atoms with van der Waals surface area (Å²) in [5.74, 6) is 1.25. The summed E-state index contributed by atoms with van der Waals surface area (Å²) >= 11 is 0. The number of rotatable bonds is 3. The first kappa shape index (κ1) is 11.5. The quantitative estimate of drug-likeness (QED) is 0.824. The van der Waals surface area contributed by atoms with Crippen LogP contribution in [0, 0.1) is 10.8 Å². The summed E-state index contributed by atoms with van der Waals surface area (Å²) in [5, 5.41) is 7.34. The van der Waals surface area contributed by atoms with E-state index >= 15 is 0 Å². The molecule has 1 aliphatic carbocycles. The minimum atomic E-state index is 0.342. The molecule has 16 heavy (non-hydrogen) atoms. The van der Waals surface area contributed by atoms with Gasteiger partial charge in [-0.15, -0.1) is 0 Å². The molecule has 0 amide bonds. The molecular formula is C13H23N3. The monoisotopic (exact) mass is 221 g/mol. The number of nitrogens with two attached hydrogens (primary N) is 1. The van der Waals surface area contributed by atoms with Crippen LogP contribution in [0.2, 0.25) is 0 Å². The largest absolute Gasteiger partial charge is 0.382 e. The molecule has 0 aromatic carbocycles. The molecule has 3 nitrogen and oxygen atoms in total. The Kier molecular flexibility index (Phi) is 2.34. The lowest BCUT2D eigenvalue weighted by molar-refractivity contribution is 0.457. The number of hydrogen-bond donors (Lipinski definition) is 2. The normalized spacial score (nSPS) is 22.3. The van der Waals surface area contributed by atoms with Gasteiger partial charge in [-0.05, 0) is 17.3 Å². The first-order chi connectivity index (χ1) is 7.34. The van der Waals surface area contributed by atoms with Crippen LogP contribution in [0.5, 0.6) is 0 Å². The second kappa shape index (κ2) is 3.25. The molecule has 3 heteroatoms. The zero-order chi connectivity index (χ0) is 12.1. The molecule has 1 aromatic rings. The van der Waals surface area contributed by atoms with Crippen molar-refractivity contribution in [3.05, 3.63) is 11.3 Å². The Morgan fingerprint density at radius 1 is 1.25 bits per heavy atom. The second-order valence-corrected chi connectivity index (χ2v) is 6.13. The molecule has 1 heterocycles. The van der Waals surface area contributed by atoms with Gasteiger partial charge in [0, 0.05) is 17.2 Å². The lowest BCUT2D eigenvalue weighted by Gasteiger charge is -2.04. The van der Waals surface area contributed by atoms with E-state index < -0.39 is 0 Å². The van der Waals surface area contributed by atoms with Crippen molar-refractivity contribution in [3.63, 3.8) is 0 Å². The maximum atomic E-state index is 5.93. The highest BCUT2D eigenvalue weighted by Gasteiger charge is 2.66. The predicted octanol–water partition coefficient (Wildman–Crippen LogP) is 3.09. The number of nitrogen functional groups attached to an aromatic ring is 1. The third-order valence-electron chi connectivity index (χ3n) is 4.74. The van der Waals surface area contributed by atoms with Gasteiger partial charge in [0.1, 0.15) is 5.82 Å². The van der Waals surface area contributed by atoms with Crippen molar-refractivity contribution in [1.82, 2.24) is 10.2 Å². The Morgan fingerprint density at radius 2 is 1.81 bits per heavy atom. The van der Waals surface area contributed by atoms with Crippen molar-refractivity contribution < 1.29 is 0 Å². The molecule has 0 atom stereocenters. The third kappa shape index (κ3) is 1.30. The van der Waals surface area contributed by atoms with Gasteiger partial charge in [0.15, 0.2) is 0 Å². The van der Waals surface area contributed by atoms with E-state index in [1.165, 1.54) is 11.3 Å². The van der Waals surface area contributed by atoms with Gasteiger partial charge < -0.3 is 5.73 Å². The molecule has 1 fully saturated rings. The van der Waals surface area contributed by atoms with Crippen LogP contribution >= 0.6 is 0 Å². The summed E-state index contributed by atoms with van der Waals surface area (Å²) in [4.78, 5) is 0.